The van der Waals surface area contributed by atoms with Crippen LogP contribution in [-0.4, -0.2) is 5.75 Å². The molecule has 0 aliphatic carbocycles. The van der Waals surface area contributed by atoms with Crippen LogP contribution in [0.4, 0.5) is 10.1 Å². The Morgan fingerprint density at radius 1 is 1.27 bits per heavy atom. The van der Waals surface area contributed by atoms with Crippen LogP contribution in [-0.2, 0) is 0 Å². The molecule has 0 unspecified atom stereocenters. The zero-order valence-corrected chi connectivity index (χ0v) is 9.95. The minimum Gasteiger partial charge on any atom is -0.396 e. The molecule has 1 rings (SSSR count). The number of nitrogen functional groups attached to an aromatic ring is 1. The molecule has 0 spiro atoms. The Morgan fingerprint density at radius 2 is 2.07 bits per heavy atom. The van der Waals surface area contributed by atoms with Crippen LogP contribution in [0.3, 0.4) is 0 Å². The Labute approximate surface area is 95.2 Å². The average Bonchev–Trinajstić information content (AvgIpc) is 2.23. The van der Waals surface area contributed by atoms with Crippen LogP contribution in [0.2, 0.25) is 0 Å². The third-order valence-corrected chi connectivity index (χ3v) is 3.32. The lowest BCUT2D eigenvalue weighted by Gasteiger charge is -2.03. The maximum absolute atomic E-state index is 13.1. The van der Waals surface area contributed by atoms with E-state index in [4.69, 9.17) is 5.73 Å². The van der Waals surface area contributed by atoms with Gasteiger partial charge in [-0.1, -0.05) is 26.2 Å². The predicted molar refractivity (Wildman–Crippen MR) is 65.7 cm³/mol. The van der Waals surface area contributed by atoms with Crippen LogP contribution >= 0.6 is 11.8 Å². The average molecular weight is 227 g/mol. The third kappa shape index (κ3) is 4.56. The summed E-state index contributed by atoms with van der Waals surface area (Å²) in [6.45, 7) is 2.20. The fourth-order valence-electron chi connectivity index (χ4n) is 1.32. The van der Waals surface area contributed by atoms with E-state index < -0.39 is 0 Å². The maximum Gasteiger partial charge on any atom is 0.147 e. The Morgan fingerprint density at radius 3 is 2.73 bits per heavy atom. The summed E-state index contributed by atoms with van der Waals surface area (Å²) in [5, 5.41) is 0. The normalized spacial score (nSPS) is 10.5. The van der Waals surface area contributed by atoms with Gasteiger partial charge in [0.1, 0.15) is 5.82 Å². The quantitative estimate of drug-likeness (QED) is 0.450. The standard InChI is InChI=1S/C12H18FNS/c1-2-3-4-5-8-15-10-6-7-12(14)11(13)9-10/h6-7,9H,2-5,8,14H2,1H3. The summed E-state index contributed by atoms with van der Waals surface area (Å²) >= 11 is 1.70. The summed E-state index contributed by atoms with van der Waals surface area (Å²) in [4.78, 5) is 0.971. The van der Waals surface area contributed by atoms with Crippen molar-refractivity contribution < 1.29 is 4.39 Å². The van der Waals surface area contributed by atoms with Crippen LogP contribution < -0.4 is 5.73 Å². The van der Waals surface area contributed by atoms with E-state index >= 15 is 0 Å². The van der Waals surface area contributed by atoms with Crippen molar-refractivity contribution in [1.29, 1.82) is 0 Å². The molecule has 2 N–H and O–H groups in total. The van der Waals surface area contributed by atoms with Crippen molar-refractivity contribution in [2.75, 3.05) is 11.5 Å². The molecule has 0 aliphatic rings. The van der Waals surface area contributed by atoms with Crippen molar-refractivity contribution >= 4 is 17.4 Å². The molecular weight excluding hydrogens is 209 g/mol. The summed E-state index contributed by atoms with van der Waals surface area (Å²) < 4.78 is 13.1. The Bertz CT molecular complexity index is 302. The van der Waals surface area contributed by atoms with Gasteiger partial charge < -0.3 is 5.73 Å². The van der Waals surface area contributed by atoms with Gasteiger partial charge in [-0.15, -0.1) is 11.8 Å². The van der Waals surface area contributed by atoms with Gasteiger partial charge in [-0.05, 0) is 30.4 Å². The molecule has 0 amide bonds. The number of rotatable bonds is 6. The van der Waals surface area contributed by atoms with E-state index in [0.717, 1.165) is 10.6 Å². The predicted octanol–water partition coefficient (Wildman–Crippen LogP) is 4.08. The highest BCUT2D eigenvalue weighted by molar-refractivity contribution is 7.99. The van der Waals surface area contributed by atoms with E-state index in [1.807, 2.05) is 6.07 Å². The van der Waals surface area contributed by atoms with E-state index in [0.29, 0.717) is 0 Å². The van der Waals surface area contributed by atoms with Gasteiger partial charge in [-0.2, -0.15) is 0 Å². The highest BCUT2D eigenvalue weighted by Gasteiger charge is 2.00. The van der Waals surface area contributed by atoms with Gasteiger partial charge in [0.2, 0.25) is 0 Å². The zero-order valence-electron chi connectivity index (χ0n) is 9.13. The molecule has 1 nitrogen and oxygen atoms in total. The summed E-state index contributed by atoms with van der Waals surface area (Å²) in [6.07, 6.45) is 5.00. The zero-order chi connectivity index (χ0) is 11.1. The van der Waals surface area contributed by atoms with Crippen molar-refractivity contribution in [3.05, 3.63) is 24.0 Å². The molecule has 0 aliphatic heterocycles. The Hall–Kier alpha value is -0.700. The maximum atomic E-state index is 13.1. The lowest BCUT2D eigenvalue weighted by molar-refractivity contribution is 0.629. The number of hydrogen-bond donors (Lipinski definition) is 1. The van der Waals surface area contributed by atoms with Gasteiger partial charge in [0.05, 0.1) is 5.69 Å². The third-order valence-electron chi connectivity index (χ3n) is 2.24. The second-order valence-electron chi connectivity index (χ2n) is 3.59. The number of nitrogens with two attached hydrogens (primary N) is 1. The highest BCUT2D eigenvalue weighted by atomic mass is 32.2. The first-order chi connectivity index (χ1) is 7.24. The first-order valence-electron chi connectivity index (χ1n) is 5.42. The molecule has 1 aromatic carbocycles. The number of hydrogen-bond acceptors (Lipinski definition) is 2. The largest absolute Gasteiger partial charge is 0.396 e. The lowest BCUT2D eigenvalue weighted by atomic mass is 10.2. The molecule has 0 radical (unpaired) electrons. The van der Waals surface area contributed by atoms with Gasteiger partial charge in [0.15, 0.2) is 0 Å². The van der Waals surface area contributed by atoms with E-state index in [-0.39, 0.29) is 11.5 Å². The molecule has 84 valence electrons. The monoisotopic (exact) mass is 227 g/mol. The van der Waals surface area contributed by atoms with Gasteiger partial charge >= 0.3 is 0 Å². The molecule has 15 heavy (non-hydrogen) atoms. The van der Waals surface area contributed by atoms with Crippen molar-refractivity contribution in [1.82, 2.24) is 0 Å². The number of unbranched alkanes of at least 4 members (excludes halogenated alkanes) is 3. The van der Waals surface area contributed by atoms with E-state index in [1.54, 1.807) is 17.8 Å². The summed E-state index contributed by atoms with van der Waals surface area (Å²) in [6, 6.07) is 5.02. The first-order valence-corrected chi connectivity index (χ1v) is 6.40. The van der Waals surface area contributed by atoms with Crippen LogP contribution in [0.25, 0.3) is 0 Å². The van der Waals surface area contributed by atoms with Crippen molar-refractivity contribution in [3.8, 4) is 0 Å². The Balaban J connectivity index is 2.28. The first kappa shape index (κ1) is 12.4. The molecule has 0 saturated heterocycles. The van der Waals surface area contributed by atoms with E-state index in [2.05, 4.69) is 6.92 Å². The summed E-state index contributed by atoms with van der Waals surface area (Å²) in [5.41, 5.74) is 5.63. The molecule has 3 heteroatoms. The van der Waals surface area contributed by atoms with Gasteiger partial charge in [0, 0.05) is 4.90 Å². The summed E-state index contributed by atoms with van der Waals surface area (Å²) in [7, 11) is 0. The lowest BCUT2D eigenvalue weighted by Crippen LogP contribution is -1.90. The smallest absolute Gasteiger partial charge is 0.147 e. The number of halogens is 1. The molecular formula is C12H18FNS. The fraction of sp³-hybridized carbons (Fsp3) is 0.500. The number of anilines is 1. The number of benzene rings is 1. The molecule has 1 aromatic rings. The van der Waals surface area contributed by atoms with Gasteiger partial charge in [-0.3, -0.25) is 0 Å². The van der Waals surface area contributed by atoms with Gasteiger partial charge in [0.25, 0.3) is 0 Å². The number of thioether (sulfide) groups is 1. The molecule has 0 saturated carbocycles. The molecule has 0 heterocycles. The van der Waals surface area contributed by atoms with Crippen LogP contribution in [0.15, 0.2) is 23.1 Å². The topological polar surface area (TPSA) is 26.0 Å². The van der Waals surface area contributed by atoms with Crippen LogP contribution in [0.5, 0.6) is 0 Å². The fourth-order valence-corrected chi connectivity index (χ4v) is 2.25. The van der Waals surface area contributed by atoms with Gasteiger partial charge in [-0.25, -0.2) is 4.39 Å². The second-order valence-corrected chi connectivity index (χ2v) is 4.76. The second kappa shape index (κ2) is 6.72. The van der Waals surface area contributed by atoms with Crippen LogP contribution in [0, 0.1) is 5.82 Å². The van der Waals surface area contributed by atoms with Crippen LogP contribution in [0.1, 0.15) is 32.6 Å². The molecule has 0 fully saturated rings. The molecule has 0 bridgehead atoms. The SMILES string of the molecule is CCCCCCSc1ccc(N)c(F)c1. The minimum absolute atomic E-state index is 0.227. The van der Waals surface area contributed by atoms with Crippen molar-refractivity contribution in [3.63, 3.8) is 0 Å². The highest BCUT2D eigenvalue weighted by Crippen LogP contribution is 2.23. The minimum atomic E-state index is -0.312. The van der Waals surface area contributed by atoms with Crippen molar-refractivity contribution in [2.24, 2.45) is 0 Å². The van der Waals surface area contributed by atoms with E-state index in [1.165, 1.54) is 31.7 Å². The van der Waals surface area contributed by atoms with Crippen molar-refractivity contribution in [2.45, 2.75) is 37.5 Å². The summed E-state index contributed by atoms with van der Waals surface area (Å²) in [5.74, 6) is 0.747. The molecule has 0 aromatic heterocycles. The molecule has 0 atom stereocenters. The van der Waals surface area contributed by atoms with E-state index in [9.17, 15) is 4.39 Å². The Kier molecular flexibility index (Phi) is 5.54.